The SMILES string of the molecule is COS(=O)N(C)c1cc(C)ncc1C#N. The standard InChI is InChI=1S/C9H11N3O2S/c1-7-4-9(8(5-10)6-11-7)12(2)15(13)14-3/h4,6H,1-3H3. The Hall–Kier alpha value is -1.45. The van der Waals surface area contributed by atoms with Gasteiger partial charge in [0.25, 0.3) is 11.3 Å². The minimum Gasteiger partial charge on any atom is -0.277 e. The third-order valence-electron chi connectivity index (χ3n) is 1.84. The number of hydrogen-bond acceptors (Lipinski definition) is 4. The second kappa shape index (κ2) is 4.87. The van der Waals surface area contributed by atoms with Gasteiger partial charge in [-0.25, -0.2) is 4.21 Å². The molecule has 6 heteroatoms. The van der Waals surface area contributed by atoms with Crippen molar-refractivity contribution < 1.29 is 8.39 Å². The van der Waals surface area contributed by atoms with Gasteiger partial charge in [0.05, 0.1) is 18.4 Å². The maximum atomic E-state index is 11.4. The Morgan fingerprint density at radius 1 is 1.67 bits per heavy atom. The van der Waals surface area contributed by atoms with Crippen LogP contribution in [-0.2, 0) is 15.4 Å². The molecule has 80 valence electrons. The lowest BCUT2D eigenvalue weighted by atomic mass is 10.2. The molecule has 0 spiro atoms. The zero-order chi connectivity index (χ0) is 11.4. The molecule has 1 atom stereocenters. The summed E-state index contributed by atoms with van der Waals surface area (Å²) in [6.45, 7) is 1.80. The minimum absolute atomic E-state index is 0.369. The molecule has 1 aromatic heterocycles. The maximum absolute atomic E-state index is 11.4. The summed E-state index contributed by atoms with van der Waals surface area (Å²) in [5, 5.41) is 8.86. The molecule has 0 fully saturated rings. The number of nitriles is 1. The third kappa shape index (κ3) is 2.52. The summed E-state index contributed by atoms with van der Waals surface area (Å²) in [5.74, 6) is 0. The maximum Gasteiger partial charge on any atom is 0.264 e. The third-order valence-corrected chi connectivity index (χ3v) is 2.77. The molecule has 1 heterocycles. The van der Waals surface area contributed by atoms with Gasteiger partial charge in [-0.1, -0.05) is 0 Å². The molecule has 0 bridgehead atoms. The molecule has 0 saturated carbocycles. The molecular weight excluding hydrogens is 214 g/mol. The van der Waals surface area contributed by atoms with Crippen LogP contribution in [0.5, 0.6) is 0 Å². The number of aryl methyl sites for hydroxylation is 1. The fourth-order valence-corrected chi connectivity index (χ4v) is 1.62. The first kappa shape index (κ1) is 11.6. The van der Waals surface area contributed by atoms with Gasteiger partial charge in [-0.05, 0) is 13.0 Å². The zero-order valence-corrected chi connectivity index (χ0v) is 9.54. The van der Waals surface area contributed by atoms with Crippen molar-refractivity contribution in [2.24, 2.45) is 0 Å². The van der Waals surface area contributed by atoms with Crippen molar-refractivity contribution in [1.82, 2.24) is 4.98 Å². The van der Waals surface area contributed by atoms with Gasteiger partial charge in [-0.3, -0.25) is 13.5 Å². The first-order chi connectivity index (χ1) is 7.10. The van der Waals surface area contributed by atoms with Crippen molar-refractivity contribution in [3.8, 4) is 6.07 Å². The van der Waals surface area contributed by atoms with Gasteiger partial charge in [0.2, 0.25) is 0 Å². The summed E-state index contributed by atoms with van der Waals surface area (Å²) in [6, 6.07) is 3.68. The summed E-state index contributed by atoms with van der Waals surface area (Å²) in [7, 11) is 2.93. The molecule has 1 unspecified atom stereocenters. The second-order valence-corrected chi connectivity index (χ2v) is 4.15. The molecule has 0 aromatic carbocycles. The molecule has 5 nitrogen and oxygen atoms in total. The molecule has 0 amide bonds. The first-order valence-electron chi connectivity index (χ1n) is 4.17. The normalized spacial score (nSPS) is 11.9. The number of rotatable bonds is 3. The number of pyridine rings is 1. The summed E-state index contributed by atoms with van der Waals surface area (Å²) in [5.41, 5.74) is 1.67. The van der Waals surface area contributed by atoms with Gasteiger partial charge >= 0.3 is 0 Å². The Morgan fingerprint density at radius 2 is 2.33 bits per heavy atom. The smallest absolute Gasteiger partial charge is 0.264 e. The van der Waals surface area contributed by atoms with E-state index in [1.54, 1.807) is 20.0 Å². The van der Waals surface area contributed by atoms with Crippen LogP contribution in [0.25, 0.3) is 0 Å². The van der Waals surface area contributed by atoms with Gasteiger partial charge < -0.3 is 0 Å². The average molecular weight is 225 g/mol. The number of nitrogens with zero attached hydrogens (tertiary/aromatic N) is 3. The molecule has 0 aliphatic rings. The fraction of sp³-hybridized carbons (Fsp3) is 0.333. The Bertz CT molecular complexity index is 428. The highest BCUT2D eigenvalue weighted by Crippen LogP contribution is 2.20. The van der Waals surface area contributed by atoms with Gasteiger partial charge in [-0.2, -0.15) is 5.26 Å². The summed E-state index contributed by atoms with van der Waals surface area (Å²) in [6.07, 6.45) is 1.45. The van der Waals surface area contributed by atoms with Crippen LogP contribution < -0.4 is 4.31 Å². The van der Waals surface area contributed by atoms with Crippen LogP contribution in [0, 0.1) is 18.3 Å². The van der Waals surface area contributed by atoms with Crippen molar-refractivity contribution >= 4 is 17.0 Å². The molecule has 0 aliphatic carbocycles. The van der Waals surface area contributed by atoms with Gasteiger partial charge in [0.15, 0.2) is 0 Å². The number of hydrogen-bond donors (Lipinski definition) is 0. The largest absolute Gasteiger partial charge is 0.277 e. The Kier molecular flexibility index (Phi) is 3.77. The molecule has 15 heavy (non-hydrogen) atoms. The van der Waals surface area contributed by atoms with Crippen LogP contribution >= 0.6 is 0 Å². The van der Waals surface area contributed by atoms with E-state index >= 15 is 0 Å². The minimum atomic E-state index is -1.59. The highest BCUT2D eigenvalue weighted by Gasteiger charge is 2.13. The lowest BCUT2D eigenvalue weighted by Gasteiger charge is -2.17. The highest BCUT2D eigenvalue weighted by molar-refractivity contribution is 7.81. The quantitative estimate of drug-likeness (QED) is 0.767. The van der Waals surface area contributed by atoms with Crippen molar-refractivity contribution in [3.63, 3.8) is 0 Å². The van der Waals surface area contributed by atoms with E-state index in [4.69, 9.17) is 5.26 Å². The topological polar surface area (TPSA) is 66.2 Å². The van der Waals surface area contributed by atoms with Gasteiger partial charge in [0, 0.05) is 18.9 Å². The van der Waals surface area contributed by atoms with Crippen LogP contribution in [0.3, 0.4) is 0 Å². The van der Waals surface area contributed by atoms with Gasteiger partial charge in [-0.15, -0.1) is 0 Å². The van der Waals surface area contributed by atoms with Crippen LogP contribution in [0.15, 0.2) is 12.3 Å². The lowest BCUT2D eigenvalue weighted by molar-refractivity contribution is 0.444. The molecule has 0 radical (unpaired) electrons. The summed E-state index contributed by atoms with van der Waals surface area (Å²) in [4.78, 5) is 3.99. The van der Waals surface area contributed by atoms with Crippen molar-refractivity contribution in [2.75, 3.05) is 18.5 Å². The molecule has 1 rings (SSSR count). The highest BCUT2D eigenvalue weighted by atomic mass is 32.2. The van der Waals surface area contributed by atoms with E-state index in [2.05, 4.69) is 9.17 Å². The Labute approximate surface area is 91.1 Å². The van der Waals surface area contributed by atoms with Crippen molar-refractivity contribution in [1.29, 1.82) is 5.26 Å². The summed E-state index contributed by atoms with van der Waals surface area (Å²) >= 11 is -1.59. The van der Waals surface area contributed by atoms with Crippen molar-refractivity contribution in [2.45, 2.75) is 6.92 Å². The van der Waals surface area contributed by atoms with E-state index in [9.17, 15) is 4.21 Å². The first-order valence-corrected chi connectivity index (χ1v) is 5.20. The van der Waals surface area contributed by atoms with Crippen LogP contribution in [-0.4, -0.2) is 23.4 Å². The van der Waals surface area contributed by atoms with E-state index in [1.807, 2.05) is 6.07 Å². The zero-order valence-electron chi connectivity index (χ0n) is 8.72. The lowest BCUT2D eigenvalue weighted by Crippen LogP contribution is -2.22. The van der Waals surface area contributed by atoms with E-state index in [-0.39, 0.29) is 0 Å². The van der Waals surface area contributed by atoms with Crippen LogP contribution in [0.2, 0.25) is 0 Å². The van der Waals surface area contributed by atoms with Crippen molar-refractivity contribution in [3.05, 3.63) is 23.5 Å². The Morgan fingerprint density at radius 3 is 2.87 bits per heavy atom. The Balaban J connectivity index is 3.18. The predicted molar refractivity (Wildman–Crippen MR) is 57.2 cm³/mol. The monoisotopic (exact) mass is 225 g/mol. The summed E-state index contributed by atoms with van der Waals surface area (Å²) < 4.78 is 17.4. The van der Waals surface area contributed by atoms with E-state index < -0.39 is 11.3 Å². The van der Waals surface area contributed by atoms with Crippen LogP contribution in [0.4, 0.5) is 5.69 Å². The van der Waals surface area contributed by atoms with Crippen LogP contribution in [0.1, 0.15) is 11.3 Å². The number of aromatic nitrogens is 1. The molecule has 0 aliphatic heterocycles. The molecule has 0 N–H and O–H groups in total. The van der Waals surface area contributed by atoms with E-state index in [0.29, 0.717) is 11.3 Å². The van der Waals surface area contributed by atoms with Gasteiger partial charge in [0.1, 0.15) is 6.07 Å². The fourth-order valence-electron chi connectivity index (χ4n) is 1.08. The van der Waals surface area contributed by atoms with E-state index in [1.165, 1.54) is 17.6 Å². The average Bonchev–Trinajstić information content (AvgIpc) is 2.27. The van der Waals surface area contributed by atoms with E-state index in [0.717, 1.165) is 5.69 Å². The second-order valence-electron chi connectivity index (χ2n) is 2.84. The molecule has 0 saturated heterocycles. The molecule has 1 aromatic rings. The predicted octanol–water partition coefficient (Wildman–Crippen LogP) is 0.923. The molecular formula is C9H11N3O2S. The number of anilines is 1.